The van der Waals surface area contributed by atoms with Crippen molar-refractivity contribution in [3.05, 3.63) is 12.0 Å². The number of hydrogen-bond donors (Lipinski definition) is 1. The van der Waals surface area contributed by atoms with E-state index in [2.05, 4.69) is 10.3 Å². The molecule has 1 atom stereocenters. The maximum absolute atomic E-state index is 13.0. The van der Waals surface area contributed by atoms with Crippen LogP contribution < -0.4 is 5.32 Å². The molecule has 116 valence electrons. The fourth-order valence-corrected chi connectivity index (χ4v) is 5.67. The maximum atomic E-state index is 13.0. The largest absolute Gasteiger partial charge is 0.318 e. The van der Waals surface area contributed by atoms with Crippen LogP contribution in [0.25, 0.3) is 0 Å². The molecule has 0 aliphatic carbocycles. The highest BCUT2D eigenvalue weighted by Gasteiger charge is 2.45. The summed E-state index contributed by atoms with van der Waals surface area (Å²) in [5.41, 5.74) is 0.165. The first-order valence-corrected chi connectivity index (χ1v) is 9.30. The number of nitrogens with zero attached hydrogens (tertiary/aromatic N) is 3. The monoisotopic (exact) mass is 310 g/mol. The van der Waals surface area contributed by atoms with Crippen LogP contribution in [-0.4, -0.2) is 48.5 Å². The summed E-state index contributed by atoms with van der Waals surface area (Å²) in [7, 11) is -3.39. The summed E-state index contributed by atoms with van der Waals surface area (Å²) in [6.07, 6.45) is 6.66. The van der Waals surface area contributed by atoms with Crippen LogP contribution in [0, 0.1) is 5.41 Å². The van der Waals surface area contributed by atoms with Gasteiger partial charge in [-0.25, -0.2) is 13.4 Å². The Hall–Kier alpha value is -0.920. The van der Waals surface area contributed by atoms with Crippen molar-refractivity contribution in [2.24, 2.45) is 5.41 Å². The fourth-order valence-electron chi connectivity index (χ4n) is 3.97. The van der Waals surface area contributed by atoms with Gasteiger partial charge in [0, 0.05) is 32.6 Å². The molecule has 0 aromatic carbocycles. The van der Waals surface area contributed by atoms with Crippen molar-refractivity contribution < 1.29 is 8.42 Å². The van der Waals surface area contributed by atoms with Gasteiger partial charge in [0.1, 0.15) is 5.82 Å². The lowest BCUT2D eigenvalue weighted by Gasteiger charge is -2.23. The number of aromatic nitrogens is 2. The first-order valence-electron chi connectivity index (χ1n) is 7.86. The number of fused-ring (bicyclic) bond motifs is 1. The van der Waals surface area contributed by atoms with E-state index in [0.717, 1.165) is 57.6 Å². The van der Waals surface area contributed by atoms with Crippen LogP contribution in [0.3, 0.4) is 0 Å². The molecule has 7 heteroatoms. The second-order valence-electron chi connectivity index (χ2n) is 6.64. The topological polar surface area (TPSA) is 67.2 Å². The first kappa shape index (κ1) is 13.7. The summed E-state index contributed by atoms with van der Waals surface area (Å²) in [4.78, 5) is 4.33. The normalized spacial score (nSPS) is 30.1. The van der Waals surface area contributed by atoms with E-state index < -0.39 is 10.0 Å². The third-order valence-electron chi connectivity index (χ3n) is 5.27. The zero-order valence-electron chi connectivity index (χ0n) is 12.2. The van der Waals surface area contributed by atoms with Crippen molar-refractivity contribution >= 4 is 10.0 Å². The van der Waals surface area contributed by atoms with Gasteiger partial charge in [0.05, 0.1) is 6.20 Å². The van der Waals surface area contributed by atoms with Crippen molar-refractivity contribution in [3.63, 3.8) is 0 Å². The molecule has 3 aliphatic heterocycles. The predicted molar refractivity (Wildman–Crippen MR) is 78.5 cm³/mol. The zero-order chi connectivity index (χ0) is 14.5. The van der Waals surface area contributed by atoms with Gasteiger partial charge in [-0.05, 0) is 37.6 Å². The molecule has 2 saturated heterocycles. The van der Waals surface area contributed by atoms with Crippen molar-refractivity contribution in [2.75, 3.05) is 26.2 Å². The third kappa shape index (κ3) is 2.13. The number of hydrogen-bond acceptors (Lipinski definition) is 4. The second-order valence-corrected chi connectivity index (χ2v) is 8.52. The Labute approximate surface area is 125 Å². The molecule has 3 aliphatic rings. The van der Waals surface area contributed by atoms with Gasteiger partial charge in [0.15, 0.2) is 5.03 Å². The molecule has 4 heterocycles. The maximum Gasteiger partial charge on any atom is 0.260 e. The summed E-state index contributed by atoms with van der Waals surface area (Å²) in [5, 5.41) is 3.78. The average Bonchev–Trinajstić information content (AvgIpc) is 3.20. The fraction of sp³-hybridized carbons (Fsp3) is 0.786. The molecule has 1 N–H and O–H groups in total. The van der Waals surface area contributed by atoms with E-state index in [1.807, 2.05) is 4.57 Å². The van der Waals surface area contributed by atoms with Gasteiger partial charge >= 0.3 is 0 Å². The second kappa shape index (κ2) is 4.79. The van der Waals surface area contributed by atoms with Gasteiger partial charge in [0.2, 0.25) is 0 Å². The van der Waals surface area contributed by atoms with Crippen LogP contribution in [0.2, 0.25) is 0 Å². The van der Waals surface area contributed by atoms with Gasteiger partial charge in [0.25, 0.3) is 10.0 Å². The van der Waals surface area contributed by atoms with Crippen LogP contribution in [0.4, 0.5) is 0 Å². The lowest BCUT2D eigenvalue weighted by atomic mass is 9.87. The summed E-state index contributed by atoms with van der Waals surface area (Å²) in [6, 6.07) is 0. The van der Waals surface area contributed by atoms with Crippen molar-refractivity contribution in [2.45, 2.75) is 43.7 Å². The van der Waals surface area contributed by atoms with Crippen LogP contribution in [0.1, 0.15) is 31.5 Å². The van der Waals surface area contributed by atoms with Crippen molar-refractivity contribution in [3.8, 4) is 0 Å². The molecular weight excluding hydrogens is 288 g/mol. The molecule has 21 heavy (non-hydrogen) atoms. The van der Waals surface area contributed by atoms with Crippen molar-refractivity contribution in [1.82, 2.24) is 19.2 Å². The van der Waals surface area contributed by atoms with Crippen LogP contribution in [0.15, 0.2) is 11.2 Å². The molecule has 4 rings (SSSR count). The standard InChI is InChI=1S/C14H22N4O2S/c19-21(20,13-9-16-12-3-1-2-7-18(12)13)17-8-5-14(11-17)4-6-15-10-14/h9,15H,1-8,10-11H2. The Morgan fingerprint density at radius 3 is 2.95 bits per heavy atom. The summed E-state index contributed by atoms with van der Waals surface area (Å²) in [5.74, 6) is 0.927. The number of imidazole rings is 1. The number of nitrogens with one attached hydrogen (secondary N) is 1. The Morgan fingerprint density at radius 2 is 2.14 bits per heavy atom. The van der Waals surface area contributed by atoms with Crippen LogP contribution in [0.5, 0.6) is 0 Å². The van der Waals surface area contributed by atoms with Crippen LogP contribution >= 0.6 is 0 Å². The summed E-state index contributed by atoms with van der Waals surface area (Å²) >= 11 is 0. The first-order chi connectivity index (χ1) is 10.1. The zero-order valence-corrected chi connectivity index (χ0v) is 13.0. The number of sulfonamides is 1. The molecule has 1 aromatic rings. The van der Waals surface area contributed by atoms with E-state index in [1.165, 1.54) is 0 Å². The molecule has 1 aromatic heterocycles. The van der Waals surface area contributed by atoms with Crippen LogP contribution in [-0.2, 0) is 23.0 Å². The Balaban J connectivity index is 1.64. The van der Waals surface area contributed by atoms with Gasteiger partial charge in [-0.1, -0.05) is 0 Å². The van der Waals surface area contributed by atoms with E-state index in [-0.39, 0.29) is 5.41 Å². The van der Waals surface area contributed by atoms with Crippen molar-refractivity contribution in [1.29, 1.82) is 0 Å². The Morgan fingerprint density at radius 1 is 1.24 bits per heavy atom. The molecule has 2 fully saturated rings. The molecule has 0 saturated carbocycles. The molecule has 1 unspecified atom stereocenters. The summed E-state index contributed by atoms with van der Waals surface area (Å²) < 4.78 is 29.5. The van der Waals surface area contributed by atoms with Gasteiger partial charge in [-0.3, -0.25) is 0 Å². The lowest BCUT2D eigenvalue weighted by molar-refractivity contribution is 0.336. The highest BCUT2D eigenvalue weighted by Crippen LogP contribution is 2.38. The minimum Gasteiger partial charge on any atom is -0.318 e. The molecule has 0 amide bonds. The van der Waals surface area contributed by atoms with Gasteiger partial charge in [-0.15, -0.1) is 0 Å². The molecule has 1 spiro atoms. The molecule has 0 bridgehead atoms. The third-order valence-corrected chi connectivity index (χ3v) is 7.12. The highest BCUT2D eigenvalue weighted by atomic mass is 32.2. The summed E-state index contributed by atoms with van der Waals surface area (Å²) in [6.45, 7) is 4.04. The lowest BCUT2D eigenvalue weighted by Crippen LogP contribution is -2.34. The van der Waals surface area contributed by atoms with E-state index in [9.17, 15) is 8.42 Å². The van der Waals surface area contributed by atoms with E-state index in [4.69, 9.17) is 0 Å². The number of aryl methyl sites for hydroxylation is 1. The quantitative estimate of drug-likeness (QED) is 0.868. The van der Waals surface area contributed by atoms with E-state index >= 15 is 0 Å². The highest BCUT2D eigenvalue weighted by molar-refractivity contribution is 7.89. The Kier molecular flexibility index (Phi) is 3.13. The molecular formula is C14H22N4O2S. The smallest absolute Gasteiger partial charge is 0.260 e. The SMILES string of the molecule is O=S(=O)(c1cnc2n1CCCC2)N1CCC2(CCNC2)C1. The van der Waals surface area contributed by atoms with Gasteiger partial charge < -0.3 is 9.88 Å². The van der Waals surface area contributed by atoms with Gasteiger partial charge in [-0.2, -0.15) is 4.31 Å². The van der Waals surface area contributed by atoms with E-state index in [0.29, 0.717) is 18.1 Å². The molecule has 6 nitrogen and oxygen atoms in total. The average molecular weight is 310 g/mol. The minimum atomic E-state index is -3.39. The Bertz CT molecular complexity index is 646. The van der Waals surface area contributed by atoms with E-state index in [1.54, 1.807) is 10.5 Å². The number of rotatable bonds is 2. The molecule has 0 radical (unpaired) electrons. The predicted octanol–water partition coefficient (Wildman–Crippen LogP) is 0.594. The minimum absolute atomic E-state index is 0.165.